The first kappa shape index (κ1) is 21.0. The minimum Gasteiger partial charge on any atom is -0.355 e. The summed E-state index contributed by atoms with van der Waals surface area (Å²) in [4.78, 5) is 22.0. The maximum Gasteiger partial charge on any atom is 0.224 e. The van der Waals surface area contributed by atoms with Crippen molar-refractivity contribution in [3.05, 3.63) is 66.0 Å². The monoisotopic (exact) mass is 406 g/mol. The minimum atomic E-state index is 0.134. The van der Waals surface area contributed by atoms with Gasteiger partial charge in [-0.25, -0.2) is 0 Å². The summed E-state index contributed by atoms with van der Waals surface area (Å²) >= 11 is 0. The molecule has 160 valence electrons. The lowest BCUT2D eigenvalue weighted by molar-refractivity contribution is -0.127. The molecule has 0 bridgehead atoms. The highest BCUT2D eigenvalue weighted by Gasteiger charge is 2.31. The standard InChI is InChI=1S/C25H34N4O/c30-25(27-14-10-21-8-4-13-26-18-21)23-9-5-15-29(20-23)24-11-16-28(17-12-24)19-22-6-2-1-3-7-22/h1-4,6-8,13,18,23-24H,5,9-12,14-17,19-20H2,(H,27,30). The molecule has 0 aliphatic carbocycles. The van der Waals surface area contributed by atoms with Gasteiger partial charge in [0.15, 0.2) is 0 Å². The molecule has 1 aromatic carbocycles. The normalized spacial score (nSPS) is 21.4. The van der Waals surface area contributed by atoms with Gasteiger partial charge in [-0.2, -0.15) is 0 Å². The molecule has 2 aromatic rings. The molecule has 1 N–H and O–H groups in total. The quantitative estimate of drug-likeness (QED) is 0.768. The van der Waals surface area contributed by atoms with Crippen molar-refractivity contribution in [2.75, 3.05) is 32.7 Å². The van der Waals surface area contributed by atoms with Gasteiger partial charge in [-0.05, 0) is 68.9 Å². The molecule has 3 heterocycles. The Balaban J connectivity index is 1.20. The van der Waals surface area contributed by atoms with Crippen molar-refractivity contribution in [3.8, 4) is 0 Å². The fraction of sp³-hybridized carbons (Fsp3) is 0.520. The van der Waals surface area contributed by atoms with Gasteiger partial charge in [0.05, 0.1) is 5.92 Å². The number of hydrogen-bond donors (Lipinski definition) is 1. The highest BCUT2D eigenvalue weighted by molar-refractivity contribution is 5.79. The van der Waals surface area contributed by atoms with E-state index in [1.54, 1.807) is 6.20 Å². The molecule has 5 nitrogen and oxygen atoms in total. The fourth-order valence-corrected chi connectivity index (χ4v) is 4.86. The highest BCUT2D eigenvalue weighted by Crippen LogP contribution is 2.24. The third kappa shape index (κ3) is 5.89. The van der Waals surface area contributed by atoms with Crippen LogP contribution in [0, 0.1) is 5.92 Å². The Labute approximate surface area is 180 Å². The summed E-state index contributed by atoms with van der Waals surface area (Å²) in [5.74, 6) is 0.361. The molecule has 0 radical (unpaired) electrons. The van der Waals surface area contributed by atoms with Gasteiger partial charge in [0.2, 0.25) is 5.91 Å². The Hall–Kier alpha value is -2.24. The number of amides is 1. The lowest BCUT2D eigenvalue weighted by atomic mass is 9.93. The molecular formula is C25H34N4O. The number of aromatic nitrogens is 1. The van der Waals surface area contributed by atoms with E-state index in [1.165, 1.54) is 24.0 Å². The first-order valence-electron chi connectivity index (χ1n) is 11.4. The molecule has 1 amide bonds. The van der Waals surface area contributed by atoms with E-state index >= 15 is 0 Å². The van der Waals surface area contributed by atoms with Gasteiger partial charge in [0.25, 0.3) is 0 Å². The number of benzene rings is 1. The first-order valence-corrected chi connectivity index (χ1v) is 11.4. The van der Waals surface area contributed by atoms with Crippen LogP contribution in [0.15, 0.2) is 54.9 Å². The van der Waals surface area contributed by atoms with Gasteiger partial charge < -0.3 is 5.32 Å². The van der Waals surface area contributed by atoms with Crippen molar-refractivity contribution >= 4 is 5.91 Å². The van der Waals surface area contributed by atoms with Crippen molar-refractivity contribution in [1.82, 2.24) is 20.1 Å². The molecule has 1 atom stereocenters. The summed E-state index contributed by atoms with van der Waals surface area (Å²) in [5, 5.41) is 3.16. The average molecular weight is 407 g/mol. The second-order valence-electron chi connectivity index (χ2n) is 8.73. The Bertz CT molecular complexity index is 774. The fourth-order valence-electron chi connectivity index (χ4n) is 4.86. The van der Waals surface area contributed by atoms with Gasteiger partial charge in [0, 0.05) is 38.1 Å². The average Bonchev–Trinajstić information content (AvgIpc) is 2.81. The Kier molecular flexibility index (Phi) is 7.49. The second kappa shape index (κ2) is 10.7. The summed E-state index contributed by atoms with van der Waals surface area (Å²) in [5.41, 5.74) is 2.57. The van der Waals surface area contributed by atoms with Crippen LogP contribution in [0.5, 0.6) is 0 Å². The van der Waals surface area contributed by atoms with E-state index in [1.807, 2.05) is 12.3 Å². The molecule has 0 spiro atoms. The molecule has 4 rings (SSSR count). The molecule has 2 aliphatic heterocycles. The molecule has 2 saturated heterocycles. The van der Waals surface area contributed by atoms with Gasteiger partial charge in [-0.15, -0.1) is 0 Å². The van der Waals surface area contributed by atoms with Gasteiger partial charge in [-0.1, -0.05) is 36.4 Å². The number of nitrogens with one attached hydrogen (secondary N) is 1. The second-order valence-corrected chi connectivity index (χ2v) is 8.73. The summed E-state index contributed by atoms with van der Waals surface area (Å²) < 4.78 is 0. The van der Waals surface area contributed by atoms with E-state index in [0.717, 1.165) is 52.0 Å². The predicted octanol–water partition coefficient (Wildman–Crippen LogP) is 3.12. The van der Waals surface area contributed by atoms with Crippen molar-refractivity contribution < 1.29 is 4.79 Å². The van der Waals surface area contributed by atoms with Crippen LogP contribution in [0.3, 0.4) is 0 Å². The van der Waals surface area contributed by atoms with Crippen molar-refractivity contribution in [2.45, 2.75) is 44.7 Å². The third-order valence-electron chi connectivity index (χ3n) is 6.58. The van der Waals surface area contributed by atoms with E-state index in [0.29, 0.717) is 12.6 Å². The van der Waals surface area contributed by atoms with Crippen molar-refractivity contribution in [2.24, 2.45) is 5.92 Å². The number of nitrogens with zero attached hydrogens (tertiary/aromatic N) is 3. The largest absolute Gasteiger partial charge is 0.355 e. The zero-order chi connectivity index (χ0) is 20.6. The highest BCUT2D eigenvalue weighted by atomic mass is 16.1. The predicted molar refractivity (Wildman–Crippen MR) is 120 cm³/mol. The van der Waals surface area contributed by atoms with E-state index in [-0.39, 0.29) is 11.8 Å². The van der Waals surface area contributed by atoms with E-state index < -0.39 is 0 Å². The summed E-state index contributed by atoms with van der Waals surface area (Å²) in [7, 11) is 0. The van der Waals surface area contributed by atoms with Crippen LogP contribution in [-0.4, -0.2) is 59.5 Å². The van der Waals surface area contributed by atoms with Crippen LogP contribution in [0.25, 0.3) is 0 Å². The molecule has 2 fully saturated rings. The van der Waals surface area contributed by atoms with Crippen LogP contribution >= 0.6 is 0 Å². The summed E-state index contributed by atoms with van der Waals surface area (Å²) in [6.45, 7) is 6.11. The van der Waals surface area contributed by atoms with Crippen LogP contribution in [0.2, 0.25) is 0 Å². The zero-order valence-corrected chi connectivity index (χ0v) is 17.9. The molecule has 5 heteroatoms. The van der Waals surface area contributed by atoms with Crippen LogP contribution in [-0.2, 0) is 17.8 Å². The SMILES string of the molecule is O=C(NCCc1cccnc1)C1CCCN(C2CCN(Cc3ccccc3)CC2)C1. The summed E-state index contributed by atoms with van der Waals surface area (Å²) in [6, 6.07) is 15.4. The number of rotatable bonds is 7. The topological polar surface area (TPSA) is 48.5 Å². The number of carbonyl (C=O) groups is 1. The van der Waals surface area contributed by atoms with Gasteiger partial charge >= 0.3 is 0 Å². The number of likely N-dealkylation sites (tertiary alicyclic amines) is 2. The van der Waals surface area contributed by atoms with E-state index in [9.17, 15) is 4.79 Å². The third-order valence-corrected chi connectivity index (χ3v) is 6.58. The van der Waals surface area contributed by atoms with Crippen molar-refractivity contribution in [3.63, 3.8) is 0 Å². The maximum atomic E-state index is 12.7. The molecular weight excluding hydrogens is 372 g/mol. The smallest absolute Gasteiger partial charge is 0.224 e. The number of hydrogen-bond acceptors (Lipinski definition) is 4. The first-order chi connectivity index (χ1) is 14.8. The molecule has 0 saturated carbocycles. The number of carbonyl (C=O) groups excluding carboxylic acids is 1. The maximum absolute atomic E-state index is 12.7. The van der Waals surface area contributed by atoms with Gasteiger partial charge in [-0.3, -0.25) is 19.6 Å². The summed E-state index contributed by atoms with van der Waals surface area (Å²) in [6.07, 6.45) is 9.07. The minimum absolute atomic E-state index is 0.134. The molecule has 2 aliphatic rings. The molecule has 1 unspecified atom stereocenters. The zero-order valence-electron chi connectivity index (χ0n) is 17.9. The van der Waals surface area contributed by atoms with E-state index in [2.05, 4.69) is 56.5 Å². The van der Waals surface area contributed by atoms with Crippen molar-refractivity contribution in [1.29, 1.82) is 0 Å². The Morgan fingerprint density at radius 2 is 1.80 bits per heavy atom. The van der Waals surface area contributed by atoms with Crippen LogP contribution in [0.1, 0.15) is 36.8 Å². The number of pyridine rings is 1. The molecule has 1 aromatic heterocycles. The number of piperidine rings is 2. The van der Waals surface area contributed by atoms with E-state index in [4.69, 9.17) is 0 Å². The van der Waals surface area contributed by atoms with Crippen LogP contribution in [0.4, 0.5) is 0 Å². The molecule has 30 heavy (non-hydrogen) atoms. The Morgan fingerprint density at radius 1 is 1.00 bits per heavy atom. The lowest BCUT2D eigenvalue weighted by Gasteiger charge is -2.42. The van der Waals surface area contributed by atoms with Crippen LogP contribution < -0.4 is 5.32 Å². The van der Waals surface area contributed by atoms with Gasteiger partial charge in [0.1, 0.15) is 0 Å². The lowest BCUT2D eigenvalue weighted by Crippen LogP contribution is -2.50. The Morgan fingerprint density at radius 3 is 2.57 bits per heavy atom.